The summed E-state index contributed by atoms with van der Waals surface area (Å²) in [5.41, 5.74) is 1.02. The zero-order chi connectivity index (χ0) is 18.9. The number of aliphatic hydroxyl groups excluding tert-OH is 2. The lowest BCUT2D eigenvalue weighted by atomic mass is 10.0. The predicted molar refractivity (Wildman–Crippen MR) is 97.6 cm³/mol. The fourth-order valence-electron chi connectivity index (χ4n) is 2.31. The van der Waals surface area contributed by atoms with E-state index in [1.807, 2.05) is 0 Å². The standard InChI is InChI=1S/C19H20ClNO5/c20-16-5-1-14(2-6-16)19(25)15-3-7-17(8-4-15)26-13-18(24)21(9-11-22)10-12-23/h1-8,22-23H,9-13H2. The molecule has 2 rings (SSSR count). The molecule has 2 aromatic rings. The average molecular weight is 378 g/mol. The highest BCUT2D eigenvalue weighted by Gasteiger charge is 2.14. The number of benzene rings is 2. The van der Waals surface area contributed by atoms with Crippen LogP contribution in [-0.2, 0) is 4.79 Å². The van der Waals surface area contributed by atoms with E-state index >= 15 is 0 Å². The van der Waals surface area contributed by atoms with Crippen LogP contribution >= 0.6 is 11.6 Å². The molecule has 0 aromatic heterocycles. The van der Waals surface area contributed by atoms with Gasteiger partial charge in [0.15, 0.2) is 12.4 Å². The number of halogens is 1. The number of nitrogens with zero attached hydrogens (tertiary/aromatic N) is 1. The highest BCUT2D eigenvalue weighted by atomic mass is 35.5. The van der Waals surface area contributed by atoms with Crippen molar-refractivity contribution in [1.82, 2.24) is 4.90 Å². The molecule has 7 heteroatoms. The summed E-state index contributed by atoms with van der Waals surface area (Å²) >= 11 is 5.82. The van der Waals surface area contributed by atoms with Gasteiger partial charge in [-0.3, -0.25) is 9.59 Å². The summed E-state index contributed by atoms with van der Waals surface area (Å²) < 4.78 is 5.41. The maximum atomic E-state index is 12.4. The first kappa shape index (κ1) is 19.9. The Kier molecular flexibility index (Phi) is 7.59. The van der Waals surface area contributed by atoms with Crippen LogP contribution < -0.4 is 4.74 Å². The molecule has 0 unspecified atom stereocenters. The molecule has 0 atom stereocenters. The van der Waals surface area contributed by atoms with Gasteiger partial charge in [0.25, 0.3) is 5.91 Å². The molecule has 0 saturated heterocycles. The Hall–Kier alpha value is -2.41. The second-order valence-corrected chi connectivity index (χ2v) is 5.91. The molecule has 0 radical (unpaired) electrons. The lowest BCUT2D eigenvalue weighted by molar-refractivity contribution is -0.134. The van der Waals surface area contributed by atoms with Crippen LogP contribution in [0.25, 0.3) is 0 Å². The van der Waals surface area contributed by atoms with Crippen LogP contribution in [0.2, 0.25) is 5.02 Å². The van der Waals surface area contributed by atoms with Gasteiger partial charge >= 0.3 is 0 Å². The van der Waals surface area contributed by atoms with Crippen molar-refractivity contribution in [3.05, 3.63) is 64.7 Å². The molecule has 0 spiro atoms. The smallest absolute Gasteiger partial charge is 0.260 e. The first-order chi connectivity index (χ1) is 12.5. The maximum Gasteiger partial charge on any atom is 0.260 e. The van der Waals surface area contributed by atoms with Gasteiger partial charge in [0.2, 0.25) is 0 Å². The van der Waals surface area contributed by atoms with Gasteiger partial charge in [-0.05, 0) is 48.5 Å². The van der Waals surface area contributed by atoms with Crippen molar-refractivity contribution in [1.29, 1.82) is 0 Å². The summed E-state index contributed by atoms with van der Waals surface area (Å²) in [6.45, 7) is -0.320. The van der Waals surface area contributed by atoms with E-state index in [4.69, 9.17) is 26.6 Å². The second-order valence-electron chi connectivity index (χ2n) is 5.48. The molecule has 6 nitrogen and oxygen atoms in total. The van der Waals surface area contributed by atoms with Gasteiger partial charge in [0, 0.05) is 29.2 Å². The quantitative estimate of drug-likeness (QED) is 0.650. The third kappa shape index (κ3) is 5.56. The number of hydrogen-bond acceptors (Lipinski definition) is 5. The third-order valence-electron chi connectivity index (χ3n) is 3.68. The van der Waals surface area contributed by atoms with Gasteiger partial charge in [-0.25, -0.2) is 0 Å². The second kappa shape index (κ2) is 9.91. The minimum Gasteiger partial charge on any atom is -0.484 e. The van der Waals surface area contributed by atoms with Gasteiger partial charge in [-0.1, -0.05) is 11.6 Å². The number of aliphatic hydroxyl groups is 2. The lowest BCUT2D eigenvalue weighted by Gasteiger charge is -2.20. The number of ketones is 1. The van der Waals surface area contributed by atoms with Crippen LogP contribution in [0.15, 0.2) is 48.5 Å². The van der Waals surface area contributed by atoms with Crippen LogP contribution in [0.3, 0.4) is 0 Å². The summed E-state index contributed by atoms with van der Waals surface area (Å²) in [4.78, 5) is 25.7. The van der Waals surface area contributed by atoms with E-state index in [1.54, 1.807) is 48.5 Å². The van der Waals surface area contributed by atoms with E-state index in [0.717, 1.165) is 0 Å². The van der Waals surface area contributed by atoms with E-state index in [1.165, 1.54) is 4.90 Å². The molecule has 2 aromatic carbocycles. The minimum atomic E-state index is -0.339. The molecular formula is C19H20ClNO5. The fourth-order valence-corrected chi connectivity index (χ4v) is 2.44. The van der Waals surface area contributed by atoms with E-state index in [9.17, 15) is 9.59 Å². The number of amides is 1. The first-order valence-electron chi connectivity index (χ1n) is 8.07. The SMILES string of the molecule is O=C(c1ccc(Cl)cc1)c1ccc(OCC(=O)N(CCO)CCO)cc1. The topological polar surface area (TPSA) is 87.1 Å². The van der Waals surface area contributed by atoms with Crippen molar-refractivity contribution in [2.24, 2.45) is 0 Å². The van der Waals surface area contributed by atoms with E-state index in [2.05, 4.69) is 0 Å². The van der Waals surface area contributed by atoms with Crippen molar-refractivity contribution < 1.29 is 24.5 Å². The Balaban J connectivity index is 1.95. The van der Waals surface area contributed by atoms with Crippen molar-refractivity contribution in [3.63, 3.8) is 0 Å². The number of carbonyl (C=O) groups is 2. The van der Waals surface area contributed by atoms with Gasteiger partial charge in [0.1, 0.15) is 5.75 Å². The summed E-state index contributed by atoms with van der Waals surface area (Å²) in [7, 11) is 0. The fraction of sp³-hybridized carbons (Fsp3) is 0.263. The van der Waals surface area contributed by atoms with Crippen LogP contribution in [0.4, 0.5) is 0 Å². The largest absolute Gasteiger partial charge is 0.484 e. The number of ether oxygens (including phenoxy) is 1. The van der Waals surface area contributed by atoms with Crippen LogP contribution in [0, 0.1) is 0 Å². The van der Waals surface area contributed by atoms with Crippen molar-refractivity contribution in [2.45, 2.75) is 0 Å². The van der Waals surface area contributed by atoms with Gasteiger partial charge < -0.3 is 19.8 Å². The molecule has 138 valence electrons. The summed E-state index contributed by atoms with van der Waals surface area (Å²) in [6.07, 6.45) is 0. The first-order valence-corrected chi connectivity index (χ1v) is 8.45. The average Bonchev–Trinajstić information content (AvgIpc) is 2.66. The molecule has 0 aliphatic carbocycles. The maximum absolute atomic E-state index is 12.4. The molecule has 0 heterocycles. The predicted octanol–water partition coefficient (Wildman–Crippen LogP) is 1.76. The zero-order valence-corrected chi connectivity index (χ0v) is 14.9. The van der Waals surface area contributed by atoms with Crippen LogP contribution in [0.5, 0.6) is 5.75 Å². The molecular weight excluding hydrogens is 358 g/mol. The summed E-state index contributed by atoms with van der Waals surface area (Å²) in [6, 6.07) is 13.1. The van der Waals surface area contributed by atoms with Crippen molar-refractivity contribution >= 4 is 23.3 Å². The Morgan fingerprint density at radius 2 is 1.38 bits per heavy atom. The molecule has 0 aliphatic rings. The molecule has 0 saturated carbocycles. The lowest BCUT2D eigenvalue weighted by Crippen LogP contribution is -2.38. The molecule has 0 bridgehead atoms. The van der Waals surface area contributed by atoms with Gasteiger partial charge in [0.05, 0.1) is 13.2 Å². The Labute approximate surface area is 156 Å². The van der Waals surface area contributed by atoms with E-state index in [-0.39, 0.29) is 44.6 Å². The molecule has 0 fully saturated rings. The molecule has 2 N–H and O–H groups in total. The Bertz CT molecular complexity index is 725. The number of hydrogen-bond donors (Lipinski definition) is 2. The van der Waals surface area contributed by atoms with Gasteiger partial charge in [-0.15, -0.1) is 0 Å². The normalized spacial score (nSPS) is 10.4. The monoisotopic (exact) mass is 377 g/mol. The highest BCUT2D eigenvalue weighted by molar-refractivity contribution is 6.30. The van der Waals surface area contributed by atoms with Gasteiger partial charge in [-0.2, -0.15) is 0 Å². The van der Waals surface area contributed by atoms with Crippen LogP contribution in [0.1, 0.15) is 15.9 Å². The summed E-state index contributed by atoms with van der Waals surface area (Å²) in [5.74, 6) is -0.0327. The van der Waals surface area contributed by atoms with E-state index in [0.29, 0.717) is 21.9 Å². The summed E-state index contributed by atoms with van der Waals surface area (Å²) in [5, 5.41) is 18.4. The zero-order valence-electron chi connectivity index (χ0n) is 14.1. The Morgan fingerprint density at radius 3 is 1.88 bits per heavy atom. The number of rotatable bonds is 9. The third-order valence-corrected chi connectivity index (χ3v) is 3.93. The van der Waals surface area contributed by atoms with Crippen molar-refractivity contribution in [3.8, 4) is 5.75 Å². The minimum absolute atomic E-state index is 0.136. The highest BCUT2D eigenvalue weighted by Crippen LogP contribution is 2.17. The van der Waals surface area contributed by atoms with E-state index < -0.39 is 0 Å². The van der Waals surface area contributed by atoms with Crippen LogP contribution in [-0.4, -0.2) is 59.7 Å². The molecule has 0 aliphatic heterocycles. The van der Waals surface area contributed by atoms with Crippen molar-refractivity contribution in [2.75, 3.05) is 32.9 Å². The molecule has 1 amide bonds. The Morgan fingerprint density at radius 1 is 0.885 bits per heavy atom. The molecule has 26 heavy (non-hydrogen) atoms. The number of carbonyl (C=O) groups excluding carboxylic acids is 2.